The van der Waals surface area contributed by atoms with Crippen LogP contribution in [0.2, 0.25) is 5.02 Å². The Labute approximate surface area is 111 Å². The minimum absolute atomic E-state index is 0.125. The van der Waals surface area contributed by atoms with Gasteiger partial charge in [0.2, 0.25) is 0 Å². The van der Waals surface area contributed by atoms with Crippen LogP contribution in [-0.4, -0.2) is 13.4 Å². The Kier molecular flexibility index (Phi) is 3.54. The number of aromatic nitrogens is 1. The van der Waals surface area contributed by atoms with Gasteiger partial charge in [0.25, 0.3) is 10.0 Å². The number of anilines is 1. The van der Waals surface area contributed by atoms with Crippen molar-refractivity contribution in [3.63, 3.8) is 0 Å². The molecule has 0 saturated heterocycles. The van der Waals surface area contributed by atoms with E-state index in [1.54, 1.807) is 24.3 Å². The molecule has 0 bridgehead atoms. The Morgan fingerprint density at radius 1 is 1.17 bits per heavy atom. The summed E-state index contributed by atoms with van der Waals surface area (Å²) in [7, 11) is -3.65. The SMILES string of the molecule is Cc1ccc(S(=O)(=O)Nc2ncccc2Cl)cc1. The van der Waals surface area contributed by atoms with Crippen molar-refractivity contribution in [2.45, 2.75) is 11.8 Å². The summed E-state index contributed by atoms with van der Waals surface area (Å²) in [5, 5.41) is 0.258. The van der Waals surface area contributed by atoms with Gasteiger partial charge in [-0.3, -0.25) is 4.72 Å². The van der Waals surface area contributed by atoms with Crippen molar-refractivity contribution in [3.8, 4) is 0 Å². The normalized spacial score (nSPS) is 11.2. The molecule has 0 aliphatic heterocycles. The van der Waals surface area contributed by atoms with Gasteiger partial charge in [0.15, 0.2) is 5.82 Å². The lowest BCUT2D eigenvalue weighted by Gasteiger charge is -2.08. The molecule has 0 saturated carbocycles. The number of pyridine rings is 1. The van der Waals surface area contributed by atoms with E-state index in [2.05, 4.69) is 9.71 Å². The zero-order valence-corrected chi connectivity index (χ0v) is 11.2. The second kappa shape index (κ2) is 4.96. The lowest BCUT2D eigenvalue weighted by molar-refractivity contribution is 0.601. The molecule has 0 unspecified atom stereocenters. The first kappa shape index (κ1) is 12.9. The molecule has 4 nitrogen and oxygen atoms in total. The summed E-state index contributed by atoms with van der Waals surface area (Å²) in [4.78, 5) is 4.06. The molecule has 18 heavy (non-hydrogen) atoms. The van der Waals surface area contributed by atoms with Crippen molar-refractivity contribution < 1.29 is 8.42 Å². The minimum atomic E-state index is -3.65. The van der Waals surface area contributed by atoms with E-state index in [9.17, 15) is 8.42 Å². The Bertz CT molecular complexity index is 654. The molecule has 2 rings (SSSR count). The summed E-state index contributed by atoms with van der Waals surface area (Å²) in [6.07, 6.45) is 1.47. The summed E-state index contributed by atoms with van der Waals surface area (Å²) in [5.41, 5.74) is 0.991. The monoisotopic (exact) mass is 282 g/mol. The Balaban J connectivity index is 2.33. The highest BCUT2D eigenvalue weighted by Crippen LogP contribution is 2.21. The van der Waals surface area contributed by atoms with Crippen LogP contribution < -0.4 is 4.72 Å². The van der Waals surface area contributed by atoms with Gasteiger partial charge in [0, 0.05) is 6.20 Å². The van der Waals surface area contributed by atoms with Crippen LogP contribution in [0.25, 0.3) is 0 Å². The fraction of sp³-hybridized carbons (Fsp3) is 0.0833. The third kappa shape index (κ3) is 2.80. The van der Waals surface area contributed by atoms with Crippen molar-refractivity contribution in [2.24, 2.45) is 0 Å². The van der Waals surface area contributed by atoms with Gasteiger partial charge in [0.1, 0.15) is 0 Å². The quantitative estimate of drug-likeness (QED) is 0.942. The van der Waals surface area contributed by atoms with Gasteiger partial charge in [-0.05, 0) is 31.2 Å². The van der Waals surface area contributed by atoms with Crippen LogP contribution in [0.4, 0.5) is 5.82 Å². The number of hydrogen-bond donors (Lipinski definition) is 1. The van der Waals surface area contributed by atoms with Crippen molar-refractivity contribution in [3.05, 3.63) is 53.2 Å². The Morgan fingerprint density at radius 2 is 1.83 bits per heavy atom. The summed E-state index contributed by atoms with van der Waals surface area (Å²) in [6.45, 7) is 1.89. The molecule has 0 radical (unpaired) electrons. The first-order chi connectivity index (χ1) is 8.49. The van der Waals surface area contributed by atoms with E-state index >= 15 is 0 Å². The van der Waals surface area contributed by atoms with Gasteiger partial charge in [-0.1, -0.05) is 29.3 Å². The highest BCUT2D eigenvalue weighted by molar-refractivity contribution is 7.92. The van der Waals surface area contributed by atoms with E-state index in [4.69, 9.17) is 11.6 Å². The third-order valence-electron chi connectivity index (χ3n) is 2.32. The van der Waals surface area contributed by atoms with Crippen molar-refractivity contribution in [1.82, 2.24) is 4.98 Å². The molecule has 1 N–H and O–H groups in total. The smallest absolute Gasteiger partial charge is 0.262 e. The number of nitrogens with one attached hydrogen (secondary N) is 1. The molecule has 0 aliphatic carbocycles. The largest absolute Gasteiger partial charge is 0.263 e. The van der Waals surface area contributed by atoms with Gasteiger partial charge in [-0.15, -0.1) is 0 Å². The molecular weight excluding hydrogens is 272 g/mol. The molecule has 1 aromatic heterocycles. The maximum Gasteiger partial charge on any atom is 0.263 e. The molecule has 6 heteroatoms. The number of aryl methyl sites for hydroxylation is 1. The average molecular weight is 283 g/mol. The molecule has 1 aromatic carbocycles. The van der Waals surface area contributed by atoms with Gasteiger partial charge < -0.3 is 0 Å². The summed E-state index contributed by atoms with van der Waals surface area (Å²) in [6, 6.07) is 9.74. The molecule has 0 atom stereocenters. The number of benzene rings is 1. The van der Waals surface area contributed by atoms with E-state index in [1.165, 1.54) is 18.3 Å². The molecule has 1 heterocycles. The van der Waals surface area contributed by atoms with Crippen LogP contribution in [0.15, 0.2) is 47.5 Å². The van der Waals surface area contributed by atoms with E-state index in [1.807, 2.05) is 6.92 Å². The van der Waals surface area contributed by atoms with Crippen LogP contribution >= 0.6 is 11.6 Å². The number of hydrogen-bond acceptors (Lipinski definition) is 3. The van der Waals surface area contributed by atoms with Crippen LogP contribution in [0, 0.1) is 6.92 Å². The minimum Gasteiger partial charge on any atom is -0.262 e. The first-order valence-electron chi connectivity index (χ1n) is 5.19. The summed E-state index contributed by atoms with van der Waals surface area (Å²) in [5.74, 6) is 0.125. The lowest BCUT2D eigenvalue weighted by atomic mass is 10.2. The van der Waals surface area contributed by atoms with E-state index in [-0.39, 0.29) is 15.7 Å². The van der Waals surface area contributed by atoms with Crippen LogP contribution in [0.5, 0.6) is 0 Å². The van der Waals surface area contributed by atoms with Crippen LogP contribution in [-0.2, 0) is 10.0 Å². The Morgan fingerprint density at radius 3 is 2.44 bits per heavy atom. The standard InChI is InChI=1S/C12H11ClN2O2S/c1-9-4-6-10(7-5-9)18(16,17)15-12-11(13)3-2-8-14-12/h2-8H,1H3,(H,14,15). The maximum atomic E-state index is 12.1. The third-order valence-corrected chi connectivity index (χ3v) is 3.98. The zero-order valence-electron chi connectivity index (χ0n) is 9.59. The zero-order chi connectivity index (χ0) is 13.2. The van der Waals surface area contributed by atoms with E-state index in [0.29, 0.717) is 0 Å². The second-order valence-electron chi connectivity index (χ2n) is 3.75. The number of halogens is 1. The van der Waals surface area contributed by atoms with Gasteiger partial charge in [-0.2, -0.15) is 0 Å². The molecule has 2 aromatic rings. The Hall–Kier alpha value is -1.59. The van der Waals surface area contributed by atoms with Crippen molar-refractivity contribution in [2.75, 3.05) is 4.72 Å². The first-order valence-corrected chi connectivity index (χ1v) is 7.05. The maximum absolute atomic E-state index is 12.1. The van der Waals surface area contributed by atoms with Gasteiger partial charge in [-0.25, -0.2) is 13.4 Å². The predicted octanol–water partition coefficient (Wildman–Crippen LogP) is 2.84. The molecular formula is C12H11ClN2O2S. The summed E-state index contributed by atoms with van der Waals surface area (Å²) < 4.78 is 26.5. The van der Waals surface area contributed by atoms with E-state index < -0.39 is 10.0 Å². The van der Waals surface area contributed by atoms with Crippen molar-refractivity contribution >= 4 is 27.4 Å². The molecule has 0 spiro atoms. The highest BCUT2D eigenvalue weighted by Gasteiger charge is 2.15. The van der Waals surface area contributed by atoms with Gasteiger partial charge in [0.05, 0.1) is 9.92 Å². The highest BCUT2D eigenvalue weighted by atomic mass is 35.5. The van der Waals surface area contributed by atoms with Crippen molar-refractivity contribution in [1.29, 1.82) is 0 Å². The predicted molar refractivity (Wildman–Crippen MR) is 71.2 cm³/mol. The average Bonchev–Trinajstić information content (AvgIpc) is 2.32. The molecule has 0 fully saturated rings. The number of rotatable bonds is 3. The topological polar surface area (TPSA) is 59.1 Å². The van der Waals surface area contributed by atoms with Crippen LogP contribution in [0.1, 0.15) is 5.56 Å². The second-order valence-corrected chi connectivity index (χ2v) is 5.84. The number of nitrogens with zero attached hydrogens (tertiary/aromatic N) is 1. The van der Waals surface area contributed by atoms with Gasteiger partial charge >= 0.3 is 0 Å². The fourth-order valence-corrected chi connectivity index (χ4v) is 2.62. The fourth-order valence-electron chi connectivity index (χ4n) is 1.36. The molecule has 0 aliphatic rings. The molecule has 94 valence electrons. The number of sulfonamides is 1. The molecule has 0 amide bonds. The van der Waals surface area contributed by atoms with E-state index in [0.717, 1.165) is 5.56 Å². The summed E-state index contributed by atoms with van der Waals surface area (Å²) >= 11 is 5.85. The lowest BCUT2D eigenvalue weighted by Crippen LogP contribution is -2.14. The van der Waals surface area contributed by atoms with Crippen LogP contribution in [0.3, 0.4) is 0 Å².